The number of hydrogen-bond donors (Lipinski definition) is 1. The van der Waals surface area contributed by atoms with Crippen molar-refractivity contribution in [3.8, 4) is 0 Å². The van der Waals surface area contributed by atoms with Crippen molar-refractivity contribution in [2.75, 3.05) is 11.6 Å². The SMILES string of the molecule is CCSC1CCCC1NS(=O)(=O)c1ccc(CCCl)cc1. The Bertz CT molecular complexity index is 545. The van der Waals surface area contributed by atoms with Crippen LogP contribution in [0.2, 0.25) is 0 Å². The van der Waals surface area contributed by atoms with Gasteiger partial charge in [-0.1, -0.05) is 25.5 Å². The van der Waals surface area contributed by atoms with Gasteiger partial charge in [0.2, 0.25) is 10.0 Å². The smallest absolute Gasteiger partial charge is 0.207 e. The van der Waals surface area contributed by atoms with Crippen molar-refractivity contribution in [1.29, 1.82) is 0 Å². The number of hydrogen-bond acceptors (Lipinski definition) is 3. The maximum absolute atomic E-state index is 12.5. The topological polar surface area (TPSA) is 46.2 Å². The third kappa shape index (κ3) is 4.62. The maximum atomic E-state index is 12.5. The predicted molar refractivity (Wildman–Crippen MR) is 90.7 cm³/mol. The molecular formula is C15H22ClNO2S2. The Morgan fingerprint density at radius 1 is 1.29 bits per heavy atom. The standard InChI is InChI=1S/C15H22ClNO2S2/c1-2-20-15-5-3-4-14(15)17-21(18,19)13-8-6-12(7-9-13)10-11-16/h6-9,14-15,17H,2-5,10-11H2,1H3. The lowest BCUT2D eigenvalue weighted by Crippen LogP contribution is -2.38. The number of nitrogens with one attached hydrogen (secondary N) is 1. The summed E-state index contributed by atoms with van der Waals surface area (Å²) < 4.78 is 27.8. The van der Waals surface area contributed by atoms with Gasteiger partial charge in [0.15, 0.2) is 0 Å². The molecule has 0 bridgehead atoms. The van der Waals surface area contributed by atoms with Gasteiger partial charge in [-0.25, -0.2) is 13.1 Å². The van der Waals surface area contributed by atoms with E-state index in [-0.39, 0.29) is 6.04 Å². The first-order valence-electron chi connectivity index (χ1n) is 7.35. The zero-order chi connectivity index (χ0) is 15.3. The minimum absolute atomic E-state index is 0.0578. The van der Waals surface area contributed by atoms with Crippen LogP contribution in [0.25, 0.3) is 0 Å². The van der Waals surface area contributed by atoms with Gasteiger partial charge >= 0.3 is 0 Å². The Morgan fingerprint density at radius 3 is 2.62 bits per heavy atom. The molecule has 0 aromatic heterocycles. The predicted octanol–water partition coefficient (Wildman–Crippen LogP) is 3.42. The summed E-state index contributed by atoms with van der Waals surface area (Å²) in [5.74, 6) is 1.57. The third-order valence-corrected chi connectivity index (χ3v) is 6.78. The second kappa shape index (κ2) is 7.86. The molecule has 1 aliphatic carbocycles. The summed E-state index contributed by atoms with van der Waals surface area (Å²) in [6.45, 7) is 2.12. The molecule has 21 heavy (non-hydrogen) atoms. The molecule has 2 atom stereocenters. The Kier molecular flexibility index (Phi) is 6.41. The lowest BCUT2D eigenvalue weighted by molar-refractivity contribution is 0.555. The summed E-state index contributed by atoms with van der Waals surface area (Å²) in [4.78, 5) is 0.341. The van der Waals surface area contributed by atoms with Crippen molar-refractivity contribution in [1.82, 2.24) is 4.72 Å². The van der Waals surface area contributed by atoms with Crippen LogP contribution in [-0.4, -0.2) is 31.3 Å². The zero-order valence-electron chi connectivity index (χ0n) is 12.2. The molecule has 3 nitrogen and oxygen atoms in total. The Hall–Kier alpha value is -0.230. The van der Waals surface area contributed by atoms with Crippen LogP contribution in [0.5, 0.6) is 0 Å². The van der Waals surface area contributed by atoms with E-state index in [9.17, 15) is 8.42 Å². The quantitative estimate of drug-likeness (QED) is 0.769. The molecule has 0 heterocycles. The highest BCUT2D eigenvalue weighted by Gasteiger charge is 2.31. The Morgan fingerprint density at radius 2 is 2.00 bits per heavy atom. The average molecular weight is 348 g/mol. The van der Waals surface area contributed by atoms with Crippen molar-refractivity contribution in [3.05, 3.63) is 29.8 Å². The monoisotopic (exact) mass is 347 g/mol. The van der Waals surface area contributed by atoms with Crippen LogP contribution in [0, 0.1) is 0 Å². The van der Waals surface area contributed by atoms with E-state index in [0.29, 0.717) is 16.0 Å². The van der Waals surface area contributed by atoms with Gasteiger partial charge in [-0.05, 0) is 42.7 Å². The van der Waals surface area contributed by atoms with E-state index in [1.807, 2.05) is 23.9 Å². The van der Waals surface area contributed by atoms with Crippen molar-refractivity contribution >= 4 is 33.4 Å². The van der Waals surface area contributed by atoms with Crippen LogP contribution in [0.1, 0.15) is 31.7 Å². The number of benzene rings is 1. The lowest BCUT2D eigenvalue weighted by atomic mass is 10.2. The highest BCUT2D eigenvalue weighted by atomic mass is 35.5. The van der Waals surface area contributed by atoms with E-state index in [4.69, 9.17) is 11.6 Å². The van der Waals surface area contributed by atoms with E-state index in [1.54, 1.807) is 12.1 Å². The van der Waals surface area contributed by atoms with Crippen LogP contribution < -0.4 is 4.72 Å². The number of alkyl halides is 1. The van der Waals surface area contributed by atoms with Crippen molar-refractivity contribution in [2.24, 2.45) is 0 Å². The van der Waals surface area contributed by atoms with Crippen LogP contribution in [0.15, 0.2) is 29.2 Å². The zero-order valence-corrected chi connectivity index (χ0v) is 14.6. The number of aryl methyl sites for hydroxylation is 1. The molecule has 1 saturated carbocycles. The van der Waals surface area contributed by atoms with Crippen LogP contribution in [-0.2, 0) is 16.4 Å². The molecule has 0 radical (unpaired) electrons. The van der Waals surface area contributed by atoms with E-state index in [2.05, 4.69) is 11.6 Å². The fraction of sp³-hybridized carbons (Fsp3) is 0.600. The second-order valence-electron chi connectivity index (χ2n) is 5.24. The number of sulfonamides is 1. The Labute approximate surface area is 136 Å². The molecule has 1 aliphatic rings. The van der Waals surface area contributed by atoms with Gasteiger partial charge in [0.05, 0.1) is 4.90 Å². The van der Waals surface area contributed by atoms with Crippen molar-refractivity contribution in [3.63, 3.8) is 0 Å². The van der Waals surface area contributed by atoms with Gasteiger partial charge in [0.1, 0.15) is 0 Å². The molecule has 2 rings (SSSR count). The van der Waals surface area contributed by atoms with E-state index in [1.165, 1.54) is 0 Å². The summed E-state index contributed by atoms with van der Waals surface area (Å²) >= 11 is 7.54. The highest BCUT2D eigenvalue weighted by Crippen LogP contribution is 2.30. The molecule has 118 valence electrons. The lowest BCUT2D eigenvalue weighted by Gasteiger charge is -2.20. The van der Waals surface area contributed by atoms with Gasteiger partial charge in [0, 0.05) is 17.2 Å². The molecule has 0 spiro atoms. The number of thioether (sulfide) groups is 1. The van der Waals surface area contributed by atoms with Crippen LogP contribution in [0.3, 0.4) is 0 Å². The minimum Gasteiger partial charge on any atom is -0.207 e. The fourth-order valence-electron chi connectivity index (χ4n) is 2.69. The van der Waals surface area contributed by atoms with Crippen LogP contribution >= 0.6 is 23.4 Å². The van der Waals surface area contributed by atoms with E-state index < -0.39 is 10.0 Å². The normalized spacial score (nSPS) is 22.6. The summed E-state index contributed by atoms with van der Waals surface area (Å²) in [5, 5.41) is 0.403. The van der Waals surface area contributed by atoms with Gasteiger partial charge in [-0.15, -0.1) is 11.6 Å². The second-order valence-corrected chi connectivity index (χ2v) is 8.84. The highest BCUT2D eigenvalue weighted by molar-refractivity contribution is 8.00. The van der Waals surface area contributed by atoms with Crippen molar-refractivity contribution in [2.45, 2.75) is 48.8 Å². The molecule has 1 fully saturated rings. The molecule has 1 N–H and O–H groups in total. The van der Waals surface area contributed by atoms with Gasteiger partial charge in [-0.2, -0.15) is 11.8 Å². The van der Waals surface area contributed by atoms with Gasteiger partial charge < -0.3 is 0 Å². The first-order valence-corrected chi connectivity index (χ1v) is 10.4. The first kappa shape index (κ1) is 17.1. The molecule has 2 unspecified atom stereocenters. The minimum atomic E-state index is -3.42. The number of rotatable bonds is 7. The molecule has 6 heteroatoms. The fourth-order valence-corrected chi connectivity index (χ4v) is 5.50. The molecule has 1 aromatic carbocycles. The average Bonchev–Trinajstić information content (AvgIpc) is 2.87. The summed E-state index contributed by atoms with van der Waals surface area (Å²) in [6.07, 6.45) is 3.88. The molecule has 0 saturated heterocycles. The van der Waals surface area contributed by atoms with E-state index >= 15 is 0 Å². The van der Waals surface area contributed by atoms with Gasteiger partial charge in [-0.3, -0.25) is 0 Å². The maximum Gasteiger partial charge on any atom is 0.240 e. The summed E-state index contributed by atoms with van der Waals surface area (Å²) in [5.41, 5.74) is 1.06. The molecule has 1 aromatic rings. The summed E-state index contributed by atoms with van der Waals surface area (Å²) in [6, 6.07) is 7.07. The van der Waals surface area contributed by atoms with Crippen LogP contribution in [0.4, 0.5) is 0 Å². The summed E-state index contributed by atoms with van der Waals surface area (Å²) in [7, 11) is -3.42. The largest absolute Gasteiger partial charge is 0.240 e. The third-order valence-electron chi connectivity index (χ3n) is 3.76. The molecule has 0 aliphatic heterocycles. The van der Waals surface area contributed by atoms with Crippen molar-refractivity contribution < 1.29 is 8.42 Å². The van der Waals surface area contributed by atoms with E-state index in [0.717, 1.165) is 37.0 Å². The molecular weight excluding hydrogens is 326 g/mol. The first-order chi connectivity index (χ1) is 10.1. The molecule has 0 amide bonds. The Balaban J connectivity index is 2.07. The van der Waals surface area contributed by atoms with Gasteiger partial charge in [0.25, 0.3) is 0 Å². The number of halogens is 1.